The molecule has 2 rings (SSSR count). The van der Waals surface area contributed by atoms with E-state index >= 15 is 0 Å². The number of carboxylic acid groups (broad SMARTS) is 1. The van der Waals surface area contributed by atoms with Crippen LogP contribution in [0.5, 0.6) is 0 Å². The van der Waals surface area contributed by atoms with Crippen LogP contribution in [0, 0.1) is 11.8 Å². The fourth-order valence-electron chi connectivity index (χ4n) is 3.47. The van der Waals surface area contributed by atoms with Crippen molar-refractivity contribution in [2.45, 2.75) is 51.0 Å². The lowest BCUT2D eigenvalue weighted by Crippen LogP contribution is -2.53. The number of carboxylic acids is 1. The third-order valence-electron chi connectivity index (χ3n) is 4.73. The third kappa shape index (κ3) is 4.33. The van der Waals surface area contributed by atoms with E-state index in [4.69, 9.17) is 0 Å². The van der Waals surface area contributed by atoms with E-state index in [1.807, 2.05) is 0 Å². The van der Waals surface area contributed by atoms with Gasteiger partial charge in [0.2, 0.25) is 0 Å². The van der Waals surface area contributed by atoms with E-state index in [0.717, 1.165) is 44.9 Å². The normalized spacial score (nSPS) is 25.4. The Kier molecular flexibility index (Phi) is 5.85. The highest BCUT2D eigenvalue weighted by atomic mass is 16.4. The Morgan fingerprint density at radius 1 is 1.14 bits per heavy atom. The van der Waals surface area contributed by atoms with Crippen LogP contribution in [0.3, 0.4) is 0 Å². The van der Waals surface area contributed by atoms with Crippen LogP contribution in [0.4, 0.5) is 4.79 Å². The summed E-state index contributed by atoms with van der Waals surface area (Å²) in [4.78, 5) is 25.4. The Bertz CT molecular complexity index is 369. The molecule has 0 radical (unpaired) electrons. The molecule has 0 bridgehead atoms. The Morgan fingerprint density at radius 3 is 2.48 bits per heavy atom. The summed E-state index contributed by atoms with van der Waals surface area (Å²) < 4.78 is 0. The van der Waals surface area contributed by atoms with Crippen LogP contribution in [0.25, 0.3) is 0 Å². The van der Waals surface area contributed by atoms with Gasteiger partial charge < -0.3 is 20.4 Å². The first-order valence-electron chi connectivity index (χ1n) is 8.01. The quantitative estimate of drug-likeness (QED) is 0.732. The number of aliphatic hydroxyl groups excluding tert-OH is 1. The summed E-state index contributed by atoms with van der Waals surface area (Å²) in [5, 5.41) is 21.3. The van der Waals surface area contributed by atoms with Gasteiger partial charge in [-0.15, -0.1) is 0 Å². The average molecular weight is 298 g/mol. The number of hydrogen-bond donors (Lipinski definition) is 3. The highest BCUT2D eigenvalue weighted by Crippen LogP contribution is 2.27. The summed E-state index contributed by atoms with van der Waals surface area (Å²) >= 11 is 0. The third-order valence-corrected chi connectivity index (χ3v) is 4.73. The topological polar surface area (TPSA) is 89.9 Å². The molecule has 0 aromatic rings. The van der Waals surface area contributed by atoms with Crippen molar-refractivity contribution < 1.29 is 19.8 Å². The van der Waals surface area contributed by atoms with E-state index in [0.29, 0.717) is 13.1 Å². The van der Waals surface area contributed by atoms with Crippen molar-refractivity contribution in [3.8, 4) is 0 Å². The van der Waals surface area contributed by atoms with E-state index in [1.54, 1.807) is 4.90 Å². The standard InChI is InChI=1S/C15H26N2O4/c18-10-11-5-4-8-17(9-11)15(21)16-13(14(19)20)12-6-2-1-3-7-12/h11-13,18H,1-10H2,(H,16,21)(H,19,20). The molecule has 1 saturated heterocycles. The van der Waals surface area contributed by atoms with Crippen molar-refractivity contribution in [2.24, 2.45) is 11.8 Å². The molecule has 120 valence electrons. The summed E-state index contributed by atoms with van der Waals surface area (Å²) in [5.41, 5.74) is 0. The number of nitrogens with one attached hydrogen (secondary N) is 1. The van der Waals surface area contributed by atoms with Gasteiger partial charge in [-0.1, -0.05) is 19.3 Å². The minimum atomic E-state index is -0.939. The molecule has 2 fully saturated rings. The first-order valence-corrected chi connectivity index (χ1v) is 8.01. The lowest BCUT2D eigenvalue weighted by atomic mass is 9.84. The lowest BCUT2D eigenvalue weighted by molar-refractivity contribution is -0.141. The minimum Gasteiger partial charge on any atom is -0.480 e. The zero-order valence-corrected chi connectivity index (χ0v) is 12.5. The van der Waals surface area contributed by atoms with Crippen molar-refractivity contribution >= 4 is 12.0 Å². The highest BCUT2D eigenvalue weighted by molar-refractivity contribution is 5.82. The zero-order valence-electron chi connectivity index (χ0n) is 12.5. The van der Waals surface area contributed by atoms with Gasteiger partial charge in [-0.2, -0.15) is 0 Å². The smallest absolute Gasteiger partial charge is 0.326 e. The number of urea groups is 1. The van der Waals surface area contributed by atoms with Crippen LogP contribution in [-0.4, -0.2) is 52.9 Å². The number of carbonyl (C=O) groups excluding carboxylic acids is 1. The van der Waals surface area contributed by atoms with E-state index < -0.39 is 12.0 Å². The maximum Gasteiger partial charge on any atom is 0.326 e. The molecule has 21 heavy (non-hydrogen) atoms. The van der Waals surface area contributed by atoms with Gasteiger partial charge in [0.15, 0.2) is 0 Å². The lowest BCUT2D eigenvalue weighted by Gasteiger charge is -2.34. The number of carbonyl (C=O) groups is 2. The fraction of sp³-hybridized carbons (Fsp3) is 0.867. The van der Waals surface area contributed by atoms with Crippen LogP contribution in [0.15, 0.2) is 0 Å². The Labute approximate surface area is 125 Å². The maximum absolute atomic E-state index is 12.3. The molecule has 2 unspecified atom stereocenters. The summed E-state index contributed by atoms with van der Waals surface area (Å²) in [6.45, 7) is 1.23. The van der Waals surface area contributed by atoms with Crippen LogP contribution in [0.1, 0.15) is 44.9 Å². The van der Waals surface area contributed by atoms with Crippen LogP contribution in [-0.2, 0) is 4.79 Å². The molecule has 0 spiro atoms. The van der Waals surface area contributed by atoms with E-state index in [1.165, 1.54) is 0 Å². The van der Waals surface area contributed by atoms with Crippen LogP contribution >= 0.6 is 0 Å². The number of nitrogens with zero attached hydrogens (tertiary/aromatic N) is 1. The summed E-state index contributed by atoms with van der Waals surface area (Å²) in [7, 11) is 0. The maximum atomic E-state index is 12.3. The van der Waals surface area contributed by atoms with Gasteiger partial charge in [-0.3, -0.25) is 0 Å². The van der Waals surface area contributed by atoms with Gasteiger partial charge in [0.1, 0.15) is 6.04 Å². The molecule has 6 heteroatoms. The number of hydrogen-bond acceptors (Lipinski definition) is 3. The Balaban J connectivity index is 1.92. The predicted octanol–water partition coefficient (Wildman–Crippen LogP) is 1.43. The number of likely N-dealkylation sites (tertiary alicyclic amines) is 1. The first kappa shape index (κ1) is 16.1. The van der Waals surface area contributed by atoms with Crippen LogP contribution in [0.2, 0.25) is 0 Å². The minimum absolute atomic E-state index is 0.0404. The van der Waals surface area contributed by atoms with Gasteiger partial charge in [-0.05, 0) is 37.5 Å². The van der Waals surface area contributed by atoms with Crippen molar-refractivity contribution in [2.75, 3.05) is 19.7 Å². The molecule has 2 aliphatic rings. The van der Waals surface area contributed by atoms with Crippen molar-refractivity contribution in [3.63, 3.8) is 0 Å². The number of rotatable bonds is 4. The van der Waals surface area contributed by atoms with Crippen molar-refractivity contribution in [1.29, 1.82) is 0 Å². The molecule has 1 heterocycles. The summed E-state index contributed by atoms with van der Waals surface area (Å²) in [6, 6.07) is -1.08. The summed E-state index contributed by atoms with van der Waals surface area (Å²) in [6.07, 6.45) is 6.76. The molecule has 1 saturated carbocycles. The van der Waals surface area contributed by atoms with E-state index in [-0.39, 0.29) is 24.5 Å². The van der Waals surface area contributed by atoms with Gasteiger partial charge >= 0.3 is 12.0 Å². The second-order valence-electron chi connectivity index (χ2n) is 6.30. The molecule has 1 aliphatic carbocycles. The van der Waals surface area contributed by atoms with Gasteiger partial charge in [0, 0.05) is 19.7 Å². The second kappa shape index (κ2) is 7.64. The molecule has 6 nitrogen and oxygen atoms in total. The Morgan fingerprint density at radius 2 is 1.86 bits per heavy atom. The van der Waals surface area contributed by atoms with Gasteiger partial charge in [-0.25, -0.2) is 9.59 Å². The number of amides is 2. The molecule has 0 aromatic heterocycles. The Hall–Kier alpha value is -1.30. The molecule has 1 aliphatic heterocycles. The van der Waals surface area contributed by atoms with Crippen LogP contribution < -0.4 is 5.32 Å². The largest absolute Gasteiger partial charge is 0.480 e. The highest BCUT2D eigenvalue weighted by Gasteiger charge is 2.33. The number of piperidine rings is 1. The van der Waals surface area contributed by atoms with Gasteiger partial charge in [0.25, 0.3) is 0 Å². The van der Waals surface area contributed by atoms with Crippen molar-refractivity contribution in [3.05, 3.63) is 0 Å². The molecule has 2 amide bonds. The molecular formula is C15H26N2O4. The summed E-state index contributed by atoms with van der Waals surface area (Å²) in [5.74, 6) is -0.785. The molecule has 3 N–H and O–H groups in total. The molecule has 2 atom stereocenters. The molecule has 0 aromatic carbocycles. The number of aliphatic hydroxyl groups is 1. The van der Waals surface area contributed by atoms with Gasteiger partial charge in [0.05, 0.1) is 0 Å². The second-order valence-corrected chi connectivity index (χ2v) is 6.30. The van der Waals surface area contributed by atoms with E-state index in [9.17, 15) is 19.8 Å². The molecular weight excluding hydrogens is 272 g/mol. The van der Waals surface area contributed by atoms with E-state index in [2.05, 4.69) is 5.32 Å². The fourth-order valence-corrected chi connectivity index (χ4v) is 3.47. The van der Waals surface area contributed by atoms with Crippen molar-refractivity contribution in [1.82, 2.24) is 10.2 Å². The average Bonchev–Trinajstić information content (AvgIpc) is 2.53. The SMILES string of the molecule is O=C(O)C(NC(=O)N1CCCC(CO)C1)C1CCCCC1. The monoisotopic (exact) mass is 298 g/mol. The number of aliphatic carboxylic acids is 1. The zero-order chi connectivity index (χ0) is 15.2. The first-order chi connectivity index (χ1) is 10.1. The predicted molar refractivity (Wildman–Crippen MR) is 77.9 cm³/mol.